The van der Waals surface area contributed by atoms with E-state index in [0.29, 0.717) is 45.1 Å². The summed E-state index contributed by atoms with van der Waals surface area (Å²) in [6.07, 6.45) is -5.61. The molecule has 2 rings (SSSR count). The molecule has 1 aliphatic rings. The van der Waals surface area contributed by atoms with Crippen molar-refractivity contribution in [3.63, 3.8) is 0 Å². The Hall–Kier alpha value is -1.74. The molecule has 1 atom stereocenters. The Morgan fingerprint density at radius 2 is 1.76 bits per heavy atom. The lowest BCUT2D eigenvalue weighted by Gasteiger charge is -2.37. The summed E-state index contributed by atoms with van der Waals surface area (Å²) < 4.78 is 86.2. The summed E-state index contributed by atoms with van der Waals surface area (Å²) in [7, 11) is 1.10. The van der Waals surface area contributed by atoms with Crippen LogP contribution < -0.4 is 10.1 Å². The second-order valence-corrected chi connectivity index (χ2v) is 7.01. The molecule has 0 spiro atoms. The van der Waals surface area contributed by atoms with Gasteiger partial charge in [-0.25, -0.2) is 0 Å². The largest absolute Gasteiger partial charge is 0.496 e. The van der Waals surface area contributed by atoms with Crippen LogP contribution in [0.25, 0.3) is 0 Å². The molecule has 1 fully saturated rings. The minimum absolute atomic E-state index is 0.205. The van der Waals surface area contributed by atoms with Crippen molar-refractivity contribution in [2.75, 3.05) is 33.3 Å². The number of nitrogens with one attached hydrogen (secondary N) is 1. The summed E-state index contributed by atoms with van der Waals surface area (Å²) in [6, 6.07) is 0.191. The lowest BCUT2D eigenvalue weighted by molar-refractivity contribution is -0.144. The van der Waals surface area contributed by atoms with Gasteiger partial charge in [0.2, 0.25) is 0 Å². The van der Waals surface area contributed by atoms with Gasteiger partial charge in [-0.05, 0) is 31.4 Å². The molecular formula is C20H26F6N2O. The minimum atomic E-state index is -4.93. The van der Waals surface area contributed by atoms with Crippen LogP contribution in [0.4, 0.5) is 26.3 Å². The van der Waals surface area contributed by atoms with Gasteiger partial charge in [0.05, 0.1) is 18.2 Å². The molecule has 3 nitrogen and oxygen atoms in total. The summed E-state index contributed by atoms with van der Waals surface area (Å²) in [5.41, 5.74) is -2.86. The molecular weight excluding hydrogens is 398 g/mol. The van der Waals surface area contributed by atoms with Crippen LogP contribution in [0.15, 0.2) is 24.8 Å². The number of nitrogens with zero attached hydrogens (tertiary/aromatic N) is 1. The number of rotatable bonds is 8. The van der Waals surface area contributed by atoms with Crippen LogP contribution in [0.3, 0.4) is 0 Å². The third kappa shape index (κ3) is 6.12. The predicted octanol–water partition coefficient (Wildman–Crippen LogP) is 5.43. The van der Waals surface area contributed by atoms with E-state index in [2.05, 4.69) is 11.9 Å². The first kappa shape index (κ1) is 23.5. The molecule has 1 aliphatic heterocycles. The minimum Gasteiger partial charge on any atom is -0.496 e. The second-order valence-electron chi connectivity index (χ2n) is 7.01. The number of hydrogen-bond acceptors (Lipinski definition) is 3. The normalized spacial score (nSPS) is 17.2. The molecule has 0 radical (unpaired) electrons. The summed E-state index contributed by atoms with van der Waals surface area (Å²) in [4.78, 5) is 1.89. The Kier molecular flexibility index (Phi) is 7.99. The summed E-state index contributed by atoms with van der Waals surface area (Å²) >= 11 is 0. The second kappa shape index (κ2) is 9.84. The average molecular weight is 424 g/mol. The van der Waals surface area contributed by atoms with Crippen LogP contribution in [0.2, 0.25) is 0 Å². The molecule has 0 unspecified atom stereocenters. The van der Waals surface area contributed by atoms with Gasteiger partial charge in [-0.15, -0.1) is 6.58 Å². The van der Waals surface area contributed by atoms with E-state index in [1.165, 1.54) is 0 Å². The van der Waals surface area contributed by atoms with Crippen LogP contribution in [-0.4, -0.2) is 38.2 Å². The van der Waals surface area contributed by atoms with E-state index >= 15 is 0 Å². The van der Waals surface area contributed by atoms with E-state index in [9.17, 15) is 26.3 Å². The lowest BCUT2D eigenvalue weighted by atomic mass is 9.91. The summed E-state index contributed by atoms with van der Waals surface area (Å²) in [5.74, 6) is -0.376. The SMILES string of the molecule is C=CCCCC[C@@H](c1c(OC)cc(C(F)(F)F)cc1C(F)(F)F)N1CCNCC1. The van der Waals surface area contributed by atoms with Gasteiger partial charge in [0.25, 0.3) is 0 Å². The first-order valence-corrected chi connectivity index (χ1v) is 9.51. The van der Waals surface area contributed by atoms with Crippen LogP contribution in [0.5, 0.6) is 5.75 Å². The highest BCUT2D eigenvalue weighted by molar-refractivity contribution is 5.48. The lowest BCUT2D eigenvalue weighted by Crippen LogP contribution is -2.45. The van der Waals surface area contributed by atoms with Gasteiger partial charge >= 0.3 is 12.4 Å². The van der Waals surface area contributed by atoms with Crippen molar-refractivity contribution in [2.45, 2.75) is 44.1 Å². The standard InChI is InChI=1S/C20H26F6N2O/c1-3-4-5-6-7-16(28-10-8-27-9-11-28)18-15(20(24,25)26)12-14(19(21,22)23)13-17(18)29-2/h3,12-13,16,27H,1,4-11H2,2H3/t16-/m0/s1. The fraction of sp³-hybridized carbons (Fsp3) is 0.600. The Morgan fingerprint density at radius 3 is 2.28 bits per heavy atom. The molecule has 1 aromatic rings. The number of ether oxygens (including phenoxy) is 1. The van der Waals surface area contributed by atoms with Crippen molar-refractivity contribution in [3.8, 4) is 5.75 Å². The number of allylic oxidation sites excluding steroid dienone is 1. The molecule has 1 saturated heterocycles. The fourth-order valence-electron chi connectivity index (χ4n) is 3.67. The van der Waals surface area contributed by atoms with E-state index < -0.39 is 29.5 Å². The Morgan fingerprint density at radius 1 is 1.10 bits per heavy atom. The van der Waals surface area contributed by atoms with Gasteiger partial charge in [0, 0.05) is 37.8 Å². The quantitative estimate of drug-likeness (QED) is 0.342. The molecule has 0 amide bonds. The first-order chi connectivity index (χ1) is 13.6. The van der Waals surface area contributed by atoms with Crippen LogP contribution >= 0.6 is 0 Å². The molecule has 29 heavy (non-hydrogen) atoms. The molecule has 1 heterocycles. The van der Waals surface area contributed by atoms with E-state index in [0.717, 1.165) is 20.0 Å². The van der Waals surface area contributed by atoms with Crippen molar-refractivity contribution in [2.24, 2.45) is 0 Å². The molecule has 1 aromatic carbocycles. The Bertz CT molecular complexity index is 681. The van der Waals surface area contributed by atoms with Gasteiger partial charge in [0.1, 0.15) is 5.75 Å². The third-order valence-corrected chi connectivity index (χ3v) is 5.06. The van der Waals surface area contributed by atoms with Gasteiger partial charge in [-0.1, -0.05) is 12.5 Å². The molecule has 0 aliphatic carbocycles. The smallest absolute Gasteiger partial charge is 0.416 e. The van der Waals surface area contributed by atoms with Crippen molar-refractivity contribution in [3.05, 3.63) is 41.5 Å². The summed E-state index contributed by atoms with van der Waals surface area (Å²) in [5, 5.41) is 3.14. The number of halogens is 6. The highest BCUT2D eigenvalue weighted by Gasteiger charge is 2.42. The van der Waals surface area contributed by atoms with Crippen LogP contribution in [-0.2, 0) is 12.4 Å². The number of methoxy groups -OCH3 is 1. The molecule has 164 valence electrons. The van der Waals surface area contributed by atoms with Crippen LogP contribution in [0.1, 0.15) is 48.4 Å². The maximum Gasteiger partial charge on any atom is 0.416 e. The first-order valence-electron chi connectivity index (χ1n) is 9.51. The third-order valence-electron chi connectivity index (χ3n) is 5.06. The van der Waals surface area contributed by atoms with E-state index in [-0.39, 0.29) is 17.4 Å². The number of piperazine rings is 1. The highest BCUT2D eigenvalue weighted by atomic mass is 19.4. The zero-order valence-electron chi connectivity index (χ0n) is 16.3. The zero-order chi connectivity index (χ0) is 21.7. The Balaban J connectivity index is 2.57. The number of benzene rings is 1. The maximum absolute atomic E-state index is 13.8. The molecule has 0 bridgehead atoms. The molecule has 0 aromatic heterocycles. The molecule has 0 saturated carbocycles. The maximum atomic E-state index is 13.8. The van der Waals surface area contributed by atoms with E-state index in [1.54, 1.807) is 6.08 Å². The van der Waals surface area contributed by atoms with Crippen LogP contribution in [0, 0.1) is 0 Å². The van der Waals surface area contributed by atoms with E-state index in [1.807, 2.05) is 4.90 Å². The molecule has 9 heteroatoms. The number of unbranched alkanes of at least 4 members (excludes halogenated alkanes) is 2. The van der Waals surface area contributed by atoms with Gasteiger partial charge < -0.3 is 10.1 Å². The molecule has 1 N–H and O–H groups in total. The van der Waals surface area contributed by atoms with E-state index in [4.69, 9.17) is 4.74 Å². The average Bonchev–Trinajstić information content (AvgIpc) is 2.66. The summed E-state index contributed by atoms with van der Waals surface area (Å²) in [6.45, 7) is 5.86. The van der Waals surface area contributed by atoms with Gasteiger partial charge in [0.15, 0.2) is 0 Å². The van der Waals surface area contributed by atoms with Gasteiger partial charge in [-0.2, -0.15) is 26.3 Å². The van der Waals surface area contributed by atoms with Crippen molar-refractivity contribution < 1.29 is 31.1 Å². The van der Waals surface area contributed by atoms with Crippen molar-refractivity contribution in [1.82, 2.24) is 10.2 Å². The van der Waals surface area contributed by atoms with Crippen molar-refractivity contribution in [1.29, 1.82) is 0 Å². The number of alkyl halides is 6. The highest BCUT2D eigenvalue weighted by Crippen LogP contribution is 2.46. The zero-order valence-corrected chi connectivity index (χ0v) is 16.3. The Labute approximate surface area is 166 Å². The van der Waals surface area contributed by atoms with Crippen molar-refractivity contribution >= 4 is 0 Å². The predicted molar refractivity (Wildman–Crippen MR) is 98.8 cm³/mol. The fourth-order valence-corrected chi connectivity index (χ4v) is 3.67. The van der Waals surface area contributed by atoms with Gasteiger partial charge in [-0.3, -0.25) is 4.90 Å². The topological polar surface area (TPSA) is 24.5 Å². The number of hydrogen-bond donors (Lipinski definition) is 1. The monoisotopic (exact) mass is 424 g/mol.